The van der Waals surface area contributed by atoms with Gasteiger partial charge in [-0.1, -0.05) is 0 Å². The molecule has 104 valence electrons. The minimum absolute atomic E-state index is 0.285. The average Bonchev–Trinajstić information content (AvgIpc) is 2.42. The van der Waals surface area contributed by atoms with Crippen LogP contribution in [0, 0.1) is 0 Å². The van der Waals surface area contributed by atoms with E-state index in [0.717, 1.165) is 8.95 Å². The molecule has 7 heteroatoms. The predicted octanol–water partition coefficient (Wildman–Crippen LogP) is 3.45. The van der Waals surface area contributed by atoms with Gasteiger partial charge in [0.15, 0.2) is 0 Å². The number of carbonyl (C=O) groups is 1. The number of hydrogen-bond donors (Lipinski definition) is 2. The Balaban J connectivity index is 2.25. The summed E-state index contributed by atoms with van der Waals surface area (Å²) in [5.41, 5.74) is 6.92. The fourth-order valence-electron chi connectivity index (χ4n) is 1.51. The molecule has 20 heavy (non-hydrogen) atoms. The molecule has 5 nitrogen and oxygen atoms in total. The Morgan fingerprint density at radius 2 is 2.05 bits per heavy atom. The second-order valence-corrected chi connectivity index (χ2v) is 5.61. The van der Waals surface area contributed by atoms with Crippen LogP contribution in [0.2, 0.25) is 0 Å². The molecule has 1 heterocycles. The van der Waals surface area contributed by atoms with Gasteiger partial charge in [-0.3, -0.25) is 4.79 Å². The van der Waals surface area contributed by atoms with E-state index in [0.29, 0.717) is 17.1 Å². The molecule has 0 aliphatic heterocycles. The minimum Gasteiger partial charge on any atom is -0.495 e. The molecule has 0 bridgehead atoms. The van der Waals surface area contributed by atoms with Gasteiger partial charge in [-0.2, -0.15) is 0 Å². The fourth-order valence-corrected chi connectivity index (χ4v) is 2.76. The molecule has 2 rings (SSSR count). The molecule has 1 aromatic carbocycles. The van der Waals surface area contributed by atoms with E-state index in [1.165, 1.54) is 6.20 Å². The van der Waals surface area contributed by atoms with Crippen LogP contribution in [-0.2, 0) is 0 Å². The van der Waals surface area contributed by atoms with Gasteiger partial charge >= 0.3 is 0 Å². The Labute approximate surface area is 132 Å². The van der Waals surface area contributed by atoms with E-state index in [9.17, 15) is 4.79 Å². The number of amides is 1. The molecule has 0 saturated heterocycles. The predicted molar refractivity (Wildman–Crippen MR) is 85.0 cm³/mol. The number of pyridine rings is 1. The van der Waals surface area contributed by atoms with E-state index >= 15 is 0 Å². The summed E-state index contributed by atoms with van der Waals surface area (Å²) >= 11 is 6.75. The summed E-state index contributed by atoms with van der Waals surface area (Å²) < 4.78 is 6.71. The summed E-state index contributed by atoms with van der Waals surface area (Å²) in [7, 11) is 1.56. The van der Waals surface area contributed by atoms with Crippen molar-refractivity contribution >= 4 is 49.1 Å². The van der Waals surface area contributed by atoms with E-state index in [2.05, 4.69) is 42.2 Å². The first kappa shape index (κ1) is 14.8. The number of rotatable bonds is 3. The van der Waals surface area contributed by atoms with Crippen LogP contribution in [0.3, 0.4) is 0 Å². The highest BCUT2D eigenvalue weighted by Gasteiger charge is 2.12. The number of hydrogen-bond acceptors (Lipinski definition) is 4. The second-order valence-electron chi connectivity index (χ2n) is 3.90. The van der Waals surface area contributed by atoms with Crippen molar-refractivity contribution in [2.75, 3.05) is 18.2 Å². The number of carbonyl (C=O) groups excluding carboxylic acids is 1. The summed E-state index contributed by atoms with van der Waals surface area (Å²) in [6, 6.07) is 6.70. The largest absolute Gasteiger partial charge is 0.495 e. The first-order valence-electron chi connectivity index (χ1n) is 5.57. The monoisotopic (exact) mass is 399 g/mol. The summed E-state index contributed by atoms with van der Waals surface area (Å²) in [6.07, 6.45) is 1.44. The van der Waals surface area contributed by atoms with Crippen LogP contribution in [-0.4, -0.2) is 18.0 Å². The van der Waals surface area contributed by atoms with Crippen LogP contribution in [0.5, 0.6) is 5.75 Å². The van der Waals surface area contributed by atoms with Crippen LogP contribution >= 0.6 is 31.9 Å². The van der Waals surface area contributed by atoms with Crippen molar-refractivity contribution in [3.05, 3.63) is 45.1 Å². The lowest BCUT2D eigenvalue weighted by molar-refractivity contribution is 0.102. The molecule has 0 saturated carbocycles. The Hall–Kier alpha value is -1.60. The van der Waals surface area contributed by atoms with Crippen LogP contribution in [0.15, 0.2) is 39.4 Å². The van der Waals surface area contributed by atoms with Crippen LogP contribution in [0.25, 0.3) is 0 Å². The van der Waals surface area contributed by atoms with Crippen LogP contribution in [0.4, 0.5) is 11.4 Å². The van der Waals surface area contributed by atoms with Gasteiger partial charge in [-0.25, -0.2) is 4.98 Å². The van der Waals surface area contributed by atoms with Crippen LogP contribution < -0.4 is 15.8 Å². The molecule has 0 fully saturated rings. The van der Waals surface area contributed by atoms with Gasteiger partial charge in [0, 0.05) is 10.5 Å². The Morgan fingerprint density at radius 3 is 2.65 bits per heavy atom. The van der Waals surface area contributed by atoms with Gasteiger partial charge in [-0.05, 0) is 50.1 Å². The SMILES string of the molecule is COc1cc(NC(=O)c2ccc(N)cn2)c(Br)cc1Br. The Bertz CT molecular complexity index is 645. The maximum Gasteiger partial charge on any atom is 0.274 e. The van der Waals surface area contributed by atoms with Crippen molar-refractivity contribution in [2.24, 2.45) is 0 Å². The average molecular weight is 401 g/mol. The topological polar surface area (TPSA) is 77.2 Å². The molecule has 0 spiro atoms. The van der Waals surface area contributed by atoms with Gasteiger partial charge in [0.1, 0.15) is 11.4 Å². The molecule has 0 unspecified atom stereocenters. The molecule has 0 atom stereocenters. The lowest BCUT2D eigenvalue weighted by Crippen LogP contribution is -2.14. The number of nitrogens with one attached hydrogen (secondary N) is 1. The zero-order valence-electron chi connectivity index (χ0n) is 10.5. The first-order chi connectivity index (χ1) is 9.51. The first-order valence-corrected chi connectivity index (χ1v) is 7.15. The fraction of sp³-hybridized carbons (Fsp3) is 0.0769. The minimum atomic E-state index is -0.324. The molecule has 1 amide bonds. The third kappa shape index (κ3) is 3.29. The van der Waals surface area contributed by atoms with Crippen molar-refractivity contribution < 1.29 is 9.53 Å². The molecule has 2 aromatic rings. The lowest BCUT2D eigenvalue weighted by atomic mass is 10.2. The lowest BCUT2D eigenvalue weighted by Gasteiger charge is -2.10. The molecular weight excluding hydrogens is 390 g/mol. The zero-order valence-corrected chi connectivity index (χ0v) is 13.7. The summed E-state index contributed by atoms with van der Waals surface area (Å²) in [6.45, 7) is 0. The Morgan fingerprint density at radius 1 is 1.30 bits per heavy atom. The summed E-state index contributed by atoms with van der Waals surface area (Å²) in [4.78, 5) is 16.0. The Kier molecular flexibility index (Phi) is 4.61. The molecule has 1 aromatic heterocycles. The number of anilines is 2. The number of ether oxygens (including phenoxy) is 1. The third-order valence-electron chi connectivity index (χ3n) is 2.51. The van der Waals surface area contributed by atoms with E-state index in [1.54, 1.807) is 31.4 Å². The maximum absolute atomic E-state index is 12.1. The van der Waals surface area contributed by atoms with Gasteiger partial charge in [0.25, 0.3) is 5.91 Å². The molecular formula is C13H11Br2N3O2. The van der Waals surface area contributed by atoms with Crippen molar-refractivity contribution in [2.45, 2.75) is 0 Å². The highest BCUT2D eigenvalue weighted by atomic mass is 79.9. The van der Waals surface area contributed by atoms with E-state index in [4.69, 9.17) is 10.5 Å². The number of nitrogens with two attached hydrogens (primary N) is 1. The molecule has 0 aliphatic rings. The second kappa shape index (κ2) is 6.23. The number of halogens is 2. The van der Waals surface area contributed by atoms with Crippen molar-refractivity contribution in [3.63, 3.8) is 0 Å². The van der Waals surface area contributed by atoms with Gasteiger partial charge < -0.3 is 15.8 Å². The quantitative estimate of drug-likeness (QED) is 0.827. The van der Waals surface area contributed by atoms with Gasteiger partial charge in [-0.15, -0.1) is 0 Å². The number of aromatic nitrogens is 1. The standard InChI is InChI=1S/C13H11Br2N3O2/c1-20-12-5-11(8(14)4-9(12)15)18-13(19)10-3-2-7(16)6-17-10/h2-6H,16H2,1H3,(H,18,19). The van der Waals surface area contributed by atoms with E-state index < -0.39 is 0 Å². The van der Waals surface area contributed by atoms with Crippen molar-refractivity contribution in [3.8, 4) is 5.75 Å². The molecule has 0 radical (unpaired) electrons. The highest BCUT2D eigenvalue weighted by molar-refractivity contribution is 9.11. The third-order valence-corrected chi connectivity index (χ3v) is 3.78. The highest BCUT2D eigenvalue weighted by Crippen LogP contribution is 2.34. The van der Waals surface area contributed by atoms with E-state index in [-0.39, 0.29) is 11.6 Å². The molecule has 3 N–H and O–H groups in total. The summed E-state index contributed by atoms with van der Waals surface area (Å²) in [5.74, 6) is 0.295. The smallest absolute Gasteiger partial charge is 0.274 e. The van der Waals surface area contributed by atoms with Crippen molar-refractivity contribution in [1.29, 1.82) is 0 Å². The van der Waals surface area contributed by atoms with E-state index in [1.807, 2.05) is 0 Å². The van der Waals surface area contributed by atoms with Crippen molar-refractivity contribution in [1.82, 2.24) is 4.98 Å². The maximum atomic E-state index is 12.1. The summed E-state index contributed by atoms with van der Waals surface area (Å²) in [5, 5.41) is 2.76. The van der Waals surface area contributed by atoms with Gasteiger partial charge in [0.2, 0.25) is 0 Å². The number of benzene rings is 1. The number of methoxy groups -OCH3 is 1. The normalized spacial score (nSPS) is 10.2. The van der Waals surface area contributed by atoms with Gasteiger partial charge in [0.05, 0.1) is 29.2 Å². The zero-order chi connectivity index (χ0) is 14.7. The number of nitrogen functional groups attached to an aromatic ring is 1. The molecule has 0 aliphatic carbocycles. The number of nitrogens with zero attached hydrogens (tertiary/aromatic N) is 1. The van der Waals surface area contributed by atoms with Crippen LogP contribution in [0.1, 0.15) is 10.5 Å².